The number of hydrogen-bond acceptors (Lipinski definition) is 8. The highest BCUT2D eigenvalue weighted by Crippen LogP contribution is 2.52. The molecule has 3 rings (SSSR count). The van der Waals surface area contributed by atoms with Crippen LogP contribution in [0.15, 0.2) is 17.9 Å². The number of halogens is 4. The minimum atomic E-state index is -4.74. The summed E-state index contributed by atoms with van der Waals surface area (Å²) in [4.78, 5) is 26.9. The van der Waals surface area contributed by atoms with Crippen molar-refractivity contribution in [3.63, 3.8) is 0 Å². The molecule has 9 nitrogen and oxygen atoms in total. The lowest BCUT2D eigenvalue weighted by Gasteiger charge is -2.26. The zero-order chi connectivity index (χ0) is 24.3. The summed E-state index contributed by atoms with van der Waals surface area (Å²) in [5.74, 6) is -2.44. The van der Waals surface area contributed by atoms with Gasteiger partial charge in [0.05, 0.1) is 44.4 Å². The van der Waals surface area contributed by atoms with Gasteiger partial charge >= 0.3 is 10.4 Å². The summed E-state index contributed by atoms with van der Waals surface area (Å²) >= 11 is 12.7. The predicted octanol–water partition coefficient (Wildman–Crippen LogP) is 4.68. The van der Waals surface area contributed by atoms with Crippen molar-refractivity contribution in [2.75, 3.05) is 7.11 Å². The number of fused-ring (bicyclic) bond motifs is 2. The van der Waals surface area contributed by atoms with Crippen LogP contribution in [0.3, 0.4) is 0 Å². The zero-order valence-electron chi connectivity index (χ0n) is 16.0. The van der Waals surface area contributed by atoms with Crippen molar-refractivity contribution in [1.29, 1.82) is 0 Å². The first-order valence-corrected chi connectivity index (χ1v) is 13.0. The summed E-state index contributed by atoms with van der Waals surface area (Å²) in [7, 11) is -3.49. The summed E-state index contributed by atoms with van der Waals surface area (Å²) in [5.41, 5.74) is -0.619. The Morgan fingerprint density at radius 1 is 0.844 bits per heavy atom. The molecule has 32 heavy (non-hydrogen) atoms. The van der Waals surface area contributed by atoms with Gasteiger partial charge in [0.1, 0.15) is 21.7 Å². The van der Waals surface area contributed by atoms with Crippen molar-refractivity contribution in [2.45, 2.75) is 19.4 Å². The molecule has 0 saturated heterocycles. The monoisotopic (exact) mass is 720 g/mol. The van der Waals surface area contributed by atoms with Crippen molar-refractivity contribution < 1.29 is 41.7 Å². The van der Waals surface area contributed by atoms with E-state index < -0.39 is 33.8 Å². The van der Waals surface area contributed by atoms with Gasteiger partial charge in [0.15, 0.2) is 5.78 Å². The number of phenolic OH excluding ortho intramolecular Hbond substituents is 2. The quantitative estimate of drug-likeness (QED) is 0.320. The second kappa shape index (κ2) is 8.96. The number of carbonyl (C=O) groups is 2. The molecule has 0 radical (unpaired) electrons. The average Bonchev–Trinajstić information content (AvgIpc) is 2.68. The topological polar surface area (TPSA) is 147 Å². The van der Waals surface area contributed by atoms with E-state index in [2.05, 4.69) is 67.9 Å². The Morgan fingerprint density at radius 2 is 1.38 bits per heavy atom. The zero-order valence-corrected chi connectivity index (χ0v) is 23.2. The molecule has 14 heteroatoms. The fourth-order valence-corrected chi connectivity index (χ4v) is 6.84. The molecule has 0 bridgehead atoms. The third-order valence-corrected chi connectivity index (χ3v) is 8.45. The van der Waals surface area contributed by atoms with Crippen LogP contribution in [0.25, 0.3) is 0 Å². The van der Waals surface area contributed by atoms with Gasteiger partial charge in [-0.3, -0.25) is 14.1 Å². The molecule has 172 valence electrons. The lowest BCUT2D eigenvalue weighted by molar-refractivity contribution is 0.0972. The minimum Gasteiger partial charge on any atom is -0.506 e. The molecular formula is C18H12Br4O9S. The summed E-state index contributed by atoms with van der Waals surface area (Å²) in [5, 5.41) is 21.2. The molecule has 0 aliphatic heterocycles. The SMILES string of the molecule is COc1c(Br)c(O)c(Br)c2c1C(=O)c1c(O)c(Br)c(C[C@H](C)OS(=O)(=O)O)c(Br)c1C2=O. The van der Waals surface area contributed by atoms with Crippen LogP contribution in [0.5, 0.6) is 17.2 Å². The number of carbonyl (C=O) groups excluding carboxylic acids is 2. The van der Waals surface area contributed by atoms with E-state index in [1.165, 1.54) is 14.0 Å². The second-order valence-electron chi connectivity index (χ2n) is 6.66. The summed E-state index contributed by atoms with van der Waals surface area (Å²) in [6.45, 7) is 1.35. The van der Waals surface area contributed by atoms with Crippen LogP contribution < -0.4 is 4.74 Å². The minimum absolute atomic E-state index is 0.0226. The molecule has 0 amide bonds. The van der Waals surface area contributed by atoms with Gasteiger partial charge in [-0.25, -0.2) is 4.18 Å². The van der Waals surface area contributed by atoms with Crippen molar-refractivity contribution in [2.24, 2.45) is 0 Å². The number of benzene rings is 2. The lowest BCUT2D eigenvalue weighted by Crippen LogP contribution is -2.25. The molecule has 1 atom stereocenters. The van der Waals surface area contributed by atoms with Gasteiger partial charge in [-0.2, -0.15) is 8.42 Å². The van der Waals surface area contributed by atoms with Crippen LogP contribution >= 0.6 is 63.7 Å². The van der Waals surface area contributed by atoms with Crippen molar-refractivity contribution >= 4 is 85.7 Å². The molecule has 1 aliphatic carbocycles. The van der Waals surface area contributed by atoms with Gasteiger partial charge in [0.25, 0.3) is 0 Å². The van der Waals surface area contributed by atoms with Gasteiger partial charge in [-0.05, 0) is 76.2 Å². The lowest BCUT2D eigenvalue weighted by atomic mass is 9.81. The van der Waals surface area contributed by atoms with E-state index in [0.717, 1.165) is 0 Å². The molecule has 0 unspecified atom stereocenters. The maximum absolute atomic E-state index is 13.5. The number of ether oxygens (including phenoxy) is 1. The molecule has 1 aliphatic rings. The first-order valence-electron chi connectivity index (χ1n) is 8.48. The Balaban J connectivity index is 2.31. The van der Waals surface area contributed by atoms with E-state index in [4.69, 9.17) is 9.29 Å². The maximum atomic E-state index is 13.5. The van der Waals surface area contributed by atoms with Crippen LogP contribution in [0, 0.1) is 0 Å². The van der Waals surface area contributed by atoms with Crippen molar-refractivity contribution in [3.05, 3.63) is 45.7 Å². The standard InChI is InChI=1S/C18H12Br4O9S/c1-4(31-32(27,28)29)3-5-10(19)6-8(16(25)11(5)20)15(24)9-7(14(6)23)12(21)17(26)13(22)18(9)30-2/h4,25-26H,3H2,1-2H3,(H,27,28,29)/t4-/m0/s1. The molecule has 0 aromatic heterocycles. The van der Waals surface area contributed by atoms with E-state index in [1.54, 1.807) is 0 Å². The van der Waals surface area contributed by atoms with Crippen molar-refractivity contribution in [1.82, 2.24) is 0 Å². The van der Waals surface area contributed by atoms with Crippen LogP contribution in [-0.4, -0.2) is 48.0 Å². The van der Waals surface area contributed by atoms with Gasteiger partial charge in [-0.15, -0.1) is 0 Å². The number of rotatable bonds is 5. The van der Waals surface area contributed by atoms with Crippen molar-refractivity contribution in [3.8, 4) is 17.2 Å². The molecule has 2 aromatic rings. The molecule has 0 fully saturated rings. The first kappa shape index (κ1) is 25.6. The Bertz CT molecular complexity index is 1300. The van der Waals surface area contributed by atoms with E-state index in [-0.39, 0.29) is 63.6 Å². The van der Waals surface area contributed by atoms with Crippen LogP contribution in [-0.2, 0) is 21.0 Å². The highest BCUT2D eigenvalue weighted by atomic mass is 79.9. The van der Waals surface area contributed by atoms with Gasteiger partial charge in [0, 0.05) is 10.9 Å². The third kappa shape index (κ3) is 4.14. The Hall–Kier alpha value is -1.03. The highest BCUT2D eigenvalue weighted by molar-refractivity contribution is 9.11. The van der Waals surface area contributed by atoms with Crippen LogP contribution in [0.1, 0.15) is 44.3 Å². The van der Waals surface area contributed by atoms with E-state index in [0.29, 0.717) is 0 Å². The maximum Gasteiger partial charge on any atom is 0.397 e. The summed E-state index contributed by atoms with van der Waals surface area (Å²) in [6, 6.07) is 0. The van der Waals surface area contributed by atoms with Crippen LogP contribution in [0.4, 0.5) is 0 Å². The number of methoxy groups -OCH3 is 1. The number of phenols is 2. The van der Waals surface area contributed by atoms with E-state index >= 15 is 0 Å². The van der Waals surface area contributed by atoms with Gasteiger partial charge < -0.3 is 14.9 Å². The summed E-state index contributed by atoms with van der Waals surface area (Å²) in [6.07, 6.45) is -1.25. The Morgan fingerprint density at radius 3 is 1.91 bits per heavy atom. The van der Waals surface area contributed by atoms with E-state index in [1.807, 2.05) is 0 Å². The first-order chi connectivity index (χ1) is 14.7. The van der Waals surface area contributed by atoms with Gasteiger partial charge in [-0.1, -0.05) is 0 Å². The third-order valence-electron chi connectivity index (χ3n) is 4.65. The fraction of sp³-hybridized carbons (Fsp3) is 0.222. The predicted molar refractivity (Wildman–Crippen MR) is 126 cm³/mol. The highest BCUT2D eigenvalue weighted by Gasteiger charge is 2.41. The van der Waals surface area contributed by atoms with Gasteiger partial charge in [0.2, 0.25) is 5.78 Å². The smallest absolute Gasteiger partial charge is 0.397 e. The molecule has 0 spiro atoms. The number of hydrogen-bond donors (Lipinski definition) is 3. The Kier molecular flexibility index (Phi) is 7.17. The number of ketones is 2. The molecule has 0 saturated carbocycles. The van der Waals surface area contributed by atoms with E-state index in [9.17, 15) is 28.2 Å². The fourth-order valence-electron chi connectivity index (χ4n) is 3.40. The molecule has 0 heterocycles. The normalized spacial score (nSPS) is 14.2. The molecule has 3 N–H and O–H groups in total. The second-order valence-corrected chi connectivity index (χ2v) is 10.9. The molecular weight excluding hydrogens is 712 g/mol. The molecule has 2 aromatic carbocycles. The van der Waals surface area contributed by atoms with Crippen LogP contribution in [0.2, 0.25) is 0 Å². The average molecular weight is 724 g/mol. The summed E-state index contributed by atoms with van der Waals surface area (Å²) < 4.78 is 40.8. The Labute approximate surface area is 215 Å². The largest absolute Gasteiger partial charge is 0.506 e. The number of aromatic hydroxyl groups is 2.